The van der Waals surface area contributed by atoms with Crippen molar-refractivity contribution >= 4 is 11.3 Å². The largest absolute Gasteiger partial charge is 0.478 e. The number of aromatic amines is 1. The van der Waals surface area contributed by atoms with E-state index in [0.717, 1.165) is 23.0 Å². The van der Waals surface area contributed by atoms with Crippen LogP contribution in [0.25, 0.3) is 11.3 Å². The second-order valence-corrected chi connectivity index (χ2v) is 5.40. The molecule has 0 aliphatic carbocycles. The molecule has 0 atom stereocenters. The van der Waals surface area contributed by atoms with Gasteiger partial charge in [-0.2, -0.15) is 26.3 Å². The van der Waals surface area contributed by atoms with Crippen molar-refractivity contribution in [3.63, 3.8) is 0 Å². The zero-order valence-electron chi connectivity index (χ0n) is 14.3. The Balaban J connectivity index is 0.000000166. The van der Waals surface area contributed by atoms with E-state index < -0.39 is 29.3 Å². The van der Waals surface area contributed by atoms with Crippen LogP contribution in [0.5, 0.6) is 5.88 Å². The molecule has 154 valence electrons. The quantitative estimate of drug-likeness (QED) is 0.479. The minimum absolute atomic E-state index is 0.0484. The number of imidazole rings is 2. The smallest absolute Gasteiger partial charge is 0.433 e. The summed E-state index contributed by atoms with van der Waals surface area (Å²) in [5.41, 5.74) is -2.67. The predicted octanol–water partition coefficient (Wildman–Crippen LogP) is 2.80. The average Bonchev–Trinajstić information content (AvgIpc) is 3.26. The second-order valence-electron chi connectivity index (χ2n) is 5.40. The summed E-state index contributed by atoms with van der Waals surface area (Å²) in [5.74, 6) is 0.0630. The molecule has 0 unspecified atom stereocenters. The van der Waals surface area contributed by atoms with Crippen LogP contribution in [0.1, 0.15) is 11.4 Å². The van der Waals surface area contributed by atoms with Gasteiger partial charge in [-0.3, -0.25) is 13.6 Å². The molecule has 14 heteroatoms. The maximum Gasteiger partial charge on any atom is 0.433 e. The molecular weight excluding hydrogens is 410 g/mol. The number of ether oxygens (including phenoxy) is 1. The first-order valence-electron chi connectivity index (χ1n) is 7.59. The molecule has 0 saturated carbocycles. The third-order valence-corrected chi connectivity index (χ3v) is 3.61. The fourth-order valence-corrected chi connectivity index (χ4v) is 2.39. The third kappa shape index (κ3) is 3.86. The number of methoxy groups -OCH3 is 1. The highest BCUT2D eigenvalue weighted by molar-refractivity contribution is 5.50. The average molecular weight is 420 g/mol. The molecule has 0 aliphatic heterocycles. The standard InChI is InChI=1S/C8H6F3N3O.C7H4F3N3O/c1-15-7-6-13-4-5(8(9,10)11)14(6)3-2-12-7;8-7(9,10)4-3-12-5-6(14)11-1-2-13(4)5/h2-4H,1H3;1-3H,(H,11,14). The van der Waals surface area contributed by atoms with Gasteiger partial charge in [0, 0.05) is 24.8 Å². The molecule has 0 amide bonds. The Hall–Kier alpha value is -3.58. The van der Waals surface area contributed by atoms with Crippen molar-refractivity contribution in [3.05, 3.63) is 58.9 Å². The minimum atomic E-state index is -4.51. The topological polar surface area (TPSA) is 89.6 Å². The molecule has 0 saturated heterocycles. The number of nitrogens with zero attached hydrogens (tertiary/aromatic N) is 5. The van der Waals surface area contributed by atoms with Crippen molar-refractivity contribution in [2.24, 2.45) is 0 Å². The first-order valence-corrected chi connectivity index (χ1v) is 7.59. The third-order valence-electron chi connectivity index (χ3n) is 3.61. The Morgan fingerprint density at radius 3 is 2.00 bits per heavy atom. The highest BCUT2D eigenvalue weighted by Crippen LogP contribution is 2.31. The molecule has 29 heavy (non-hydrogen) atoms. The first-order chi connectivity index (χ1) is 13.5. The number of nitrogens with one attached hydrogen (secondary N) is 1. The monoisotopic (exact) mass is 420 g/mol. The van der Waals surface area contributed by atoms with Crippen LogP contribution < -0.4 is 10.3 Å². The number of alkyl halides is 6. The van der Waals surface area contributed by atoms with Crippen LogP contribution in [-0.4, -0.2) is 35.8 Å². The molecule has 4 aromatic heterocycles. The zero-order chi connectivity index (χ0) is 21.4. The predicted molar refractivity (Wildman–Crippen MR) is 85.4 cm³/mol. The van der Waals surface area contributed by atoms with E-state index in [0.29, 0.717) is 10.6 Å². The molecule has 0 aliphatic rings. The van der Waals surface area contributed by atoms with Crippen molar-refractivity contribution in [1.82, 2.24) is 28.7 Å². The van der Waals surface area contributed by atoms with Gasteiger partial charge in [-0.25, -0.2) is 15.0 Å². The van der Waals surface area contributed by atoms with E-state index in [9.17, 15) is 31.1 Å². The van der Waals surface area contributed by atoms with Crippen LogP contribution in [0.2, 0.25) is 0 Å². The lowest BCUT2D eigenvalue weighted by Crippen LogP contribution is -2.13. The number of aromatic nitrogens is 6. The Labute approximate surface area is 156 Å². The van der Waals surface area contributed by atoms with Crippen molar-refractivity contribution in [2.45, 2.75) is 12.4 Å². The first kappa shape index (κ1) is 20.2. The Bertz CT molecular complexity index is 1210. The summed E-state index contributed by atoms with van der Waals surface area (Å²) >= 11 is 0. The molecule has 0 spiro atoms. The lowest BCUT2D eigenvalue weighted by molar-refractivity contribution is -0.142. The van der Waals surface area contributed by atoms with Crippen molar-refractivity contribution < 1.29 is 31.1 Å². The molecule has 4 rings (SSSR count). The van der Waals surface area contributed by atoms with Gasteiger partial charge in [0.2, 0.25) is 11.3 Å². The molecule has 0 aromatic carbocycles. The lowest BCUT2D eigenvalue weighted by atomic mass is 10.4. The number of halogens is 6. The van der Waals surface area contributed by atoms with Crippen LogP contribution >= 0.6 is 0 Å². The fraction of sp³-hybridized carbons (Fsp3) is 0.200. The summed E-state index contributed by atoms with van der Waals surface area (Å²) < 4.78 is 80.7. The fourth-order valence-electron chi connectivity index (χ4n) is 2.39. The van der Waals surface area contributed by atoms with E-state index in [1.165, 1.54) is 19.5 Å². The number of hydrogen-bond acceptors (Lipinski definition) is 5. The number of hydrogen-bond donors (Lipinski definition) is 1. The summed E-state index contributed by atoms with van der Waals surface area (Å²) in [4.78, 5) is 24.0. The van der Waals surface area contributed by atoms with Gasteiger partial charge < -0.3 is 9.72 Å². The minimum Gasteiger partial charge on any atom is -0.478 e. The van der Waals surface area contributed by atoms with E-state index in [-0.39, 0.29) is 17.2 Å². The summed E-state index contributed by atoms with van der Waals surface area (Å²) in [6.45, 7) is 0. The van der Waals surface area contributed by atoms with E-state index in [2.05, 4.69) is 19.9 Å². The molecule has 1 N–H and O–H groups in total. The summed E-state index contributed by atoms with van der Waals surface area (Å²) in [6.07, 6.45) is -2.92. The Morgan fingerprint density at radius 1 is 0.897 bits per heavy atom. The van der Waals surface area contributed by atoms with Gasteiger partial charge in [-0.1, -0.05) is 0 Å². The Kier molecular flexibility index (Phi) is 4.94. The van der Waals surface area contributed by atoms with Crippen LogP contribution in [0.4, 0.5) is 26.3 Å². The molecule has 4 aromatic rings. The lowest BCUT2D eigenvalue weighted by Gasteiger charge is -2.06. The van der Waals surface area contributed by atoms with E-state index in [1.54, 1.807) is 0 Å². The van der Waals surface area contributed by atoms with Crippen LogP contribution in [0.3, 0.4) is 0 Å². The van der Waals surface area contributed by atoms with Crippen LogP contribution in [-0.2, 0) is 12.4 Å². The summed E-state index contributed by atoms with van der Waals surface area (Å²) in [7, 11) is 1.32. The normalized spacial score (nSPS) is 12.1. The number of H-pyrrole nitrogens is 1. The van der Waals surface area contributed by atoms with Crippen molar-refractivity contribution in [2.75, 3.05) is 7.11 Å². The summed E-state index contributed by atoms with van der Waals surface area (Å²) in [6, 6.07) is 0. The van der Waals surface area contributed by atoms with E-state index >= 15 is 0 Å². The Morgan fingerprint density at radius 2 is 1.45 bits per heavy atom. The summed E-state index contributed by atoms with van der Waals surface area (Å²) in [5, 5.41) is 0. The maximum atomic E-state index is 12.5. The van der Waals surface area contributed by atoms with Crippen molar-refractivity contribution in [1.29, 1.82) is 0 Å². The number of fused-ring (bicyclic) bond motifs is 2. The molecule has 0 fully saturated rings. The molecule has 0 radical (unpaired) electrons. The van der Waals surface area contributed by atoms with Crippen LogP contribution in [0.15, 0.2) is 42.0 Å². The molecule has 8 nitrogen and oxygen atoms in total. The van der Waals surface area contributed by atoms with E-state index in [4.69, 9.17) is 4.74 Å². The second kappa shape index (κ2) is 7.10. The van der Waals surface area contributed by atoms with Gasteiger partial charge >= 0.3 is 12.4 Å². The van der Waals surface area contributed by atoms with Gasteiger partial charge in [0.05, 0.1) is 19.5 Å². The molecule has 0 bridgehead atoms. The zero-order valence-corrected chi connectivity index (χ0v) is 14.3. The van der Waals surface area contributed by atoms with Gasteiger partial charge in [0.15, 0.2) is 0 Å². The van der Waals surface area contributed by atoms with Crippen LogP contribution in [0, 0.1) is 0 Å². The van der Waals surface area contributed by atoms with Gasteiger partial charge in [-0.05, 0) is 0 Å². The number of rotatable bonds is 1. The van der Waals surface area contributed by atoms with E-state index in [1.807, 2.05) is 0 Å². The molecular formula is C15H10F6N6O2. The highest BCUT2D eigenvalue weighted by atomic mass is 19.4. The van der Waals surface area contributed by atoms with Gasteiger partial charge in [-0.15, -0.1) is 0 Å². The molecule has 4 heterocycles. The maximum absolute atomic E-state index is 12.5. The van der Waals surface area contributed by atoms with Gasteiger partial charge in [0.1, 0.15) is 11.4 Å². The SMILES string of the molecule is COc1nccn2c(C(F)(F)F)cnc12.O=c1[nH]ccn2c(C(F)(F)F)cnc12. The van der Waals surface area contributed by atoms with Crippen molar-refractivity contribution in [3.8, 4) is 5.88 Å². The highest BCUT2D eigenvalue weighted by Gasteiger charge is 2.35. The van der Waals surface area contributed by atoms with Gasteiger partial charge in [0.25, 0.3) is 11.4 Å².